The minimum absolute atomic E-state index is 0.191. The fourth-order valence-electron chi connectivity index (χ4n) is 5.22. The first-order valence-electron chi connectivity index (χ1n) is 15.4. The number of nitrogens with one attached hydrogen (secondary N) is 3. The van der Waals surface area contributed by atoms with Crippen molar-refractivity contribution in [2.75, 3.05) is 31.7 Å². The van der Waals surface area contributed by atoms with E-state index in [4.69, 9.17) is 19.9 Å². The number of anilines is 1. The lowest BCUT2D eigenvalue weighted by Crippen LogP contribution is -2.32. The van der Waals surface area contributed by atoms with E-state index in [-0.39, 0.29) is 24.2 Å². The molecule has 1 amide bonds. The maximum Gasteiger partial charge on any atom is 0.255 e. The van der Waals surface area contributed by atoms with Crippen molar-refractivity contribution in [3.05, 3.63) is 113 Å². The van der Waals surface area contributed by atoms with Crippen LogP contribution in [-0.2, 0) is 21.2 Å². The topological polar surface area (TPSA) is 153 Å². The molecule has 12 heteroatoms. The summed E-state index contributed by atoms with van der Waals surface area (Å²) in [7, 11) is -3.83. The Labute approximate surface area is 275 Å². The van der Waals surface area contributed by atoms with Crippen molar-refractivity contribution in [3.8, 4) is 17.2 Å². The van der Waals surface area contributed by atoms with Crippen LogP contribution < -0.4 is 35.4 Å². The molecule has 0 saturated heterocycles. The first-order valence-corrected chi connectivity index (χ1v) is 16.9. The number of rotatable bonds is 15. The molecule has 4 aromatic rings. The highest BCUT2D eigenvalue weighted by Gasteiger charge is 2.25. The van der Waals surface area contributed by atoms with E-state index < -0.39 is 15.9 Å². The molecule has 0 spiro atoms. The lowest BCUT2D eigenvalue weighted by molar-refractivity contribution is -0.119. The van der Waals surface area contributed by atoms with E-state index in [0.717, 1.165) is 22.4 Å². The number of carbonyl (C=O) groups excluding carboxylic acids is 1. The van der Waals surface area contributed by atoms with Gasteiger partial charge in [-0.2, -0.15) is 5.10 Å². The summed E-state index contributed by atoms with van der Waals surface area (Å²) in [5, 5.41) is 8.09. The van der Waals surface area contributed by atoms with Crippen LogP contribution in [0.3, 0.4) is 0 Å². The van der Waals surface area contributed by atoms with Crippen LogP contribution in [0.25, 0.3) is 0 Å². The Kier molecular flexibility index (Phi) is 10.6. The standard InChI is InChI=1S/C35H39N5O6S/c1-4-44-30-17-11-24(20-31(30)45-5-2)18-19-37-47(42,43)32-21-25(12-10-23(32)3)34-28-8-6-7-9-29(28)35(40-39-34)38-26-13-15-27(16-14-26)46-22-33(36)41/h6-17,20-21,35,37-38,40H,4-5,18-19,22H2,1-3H3,(H2,36,41). The third kappa shape index (κ3) is 8.21. The summed E-state index contributed by atoms with van der Waals surface area (Å²) in [5.74, 6) is 1.29. The molecule has 1 aliphatic rings. The molecule has 47 heavy (non-hydrogen) atoms. The lowest BCUT2D eigenvalue weighted by Gasteiger charge is -2.28. The molecule has 0 fully saturated rings. The van der Waals surface area contributed by atoms with Crippen molar-refractivity contribution in [2.45, 2.75) is 38.3 Å². The van der Waals surface area contributed by atoms with Gasteiger partial charge in [-0.05, 0) is 80.8 Å². The minimum Gasteiger partial charge on any atom is -0.490 e. The number of carbonyl (C=O) groups is 1. The van der Waals surface area contributed by atoms with Crippen molar-refractivity contribution < 1.29 is 27.4 Å². The molecule has 5 rings (SSSR count). The fraction of sp³-hybridized carbons (Fsp3) is 0.257. The highest BCUT2D eigenvalue weighted by molar-refractivity contribution is 7.89. The van der Waals surface area contributed by atoms with Crippen LogP contribution in [-0.4, -0.2) is 46.4 Å². The van der Waals surface area contributed by atoms with E-state index in [1.807, 2.05) is 74.5 Å². The molecule has 0 radical (unpaired) electrons. The van der Waals surface area contributed by atoms with Gasteiger partial charge in [-0.1, -0.05) is 42.5 Å². The van der Waals surface area contributed by atoms with Crippen molar-refractivity contribution in [2.24, 2.45) is 10.8 Å². The van der Waals surface area contributed by atoms with E-state index in [1.54, 1.807) is 31.2 Å². The molecular formula is C35H39N5O6S. The molecule has 11 nitrogen and oxygen atoms in total. The Balaban J connectivity index is 1.30. The van der Waals surface area contributed by atoms with E-state index in [9.17, 15) is 13.2 Å². The summed E-state index contributed by atoms with van der Waals surface area (Å²) in [6.07, 6.45) is 0.125. The first kappa shape index (κ1) is 33.3. The monoisotopic (exact) mass is 657 g/mol. The highest BCUT2D eigenvalue weighted by Crippen LogP contribution is 2.30. The van der Waals surface area contributed by atoms with E-state index in [2.05, 4.69) is 20.6 Å². The van der Waals surface area contributed by atoms with Crippen molar-refractivity contribution in [1.82, 2.24) is 10.1 Å². The zero-order valence-corrected chi connectivity index (χ0v) is 27.4. The third-order valence-corrected chi connectivity index (χ3v) is 9.05. The van der Waals surface area contributed by atoms with Gasteiger partial charge >= 0.3 is 0 Å². The summed E-state index contributed by atoms with van der Waals surface area (Å²) >= 11 is 0. The number of benzene rings is 4. The molecule has 246 valence electrons. The Bertz CT molecular complexity index is 1860. The maximum absolute atomic E-state index is 13.5. The van der Waals surface area contributed by atoms with Crippen molar-refractivity contribution >= 4 is 27.3 Å². The second kappa shape index (κ2) is 15.0. The largest absolute Gasteiger partial charge is 0.490 e. The number of sulfonamides is 1. The smallest absolute Gasteiger partial charge is 0.255 e. The molecule has 1 heterocycles. The van der Waals surface area contributed by atoms with E-state index in [1.165, 1.54) is 0 Å². The molecule has 5 N–H and O–H groups in total. The highest BCUT2D eigenvalue weighted by atomic mass is 32.2. The Morgan fingerprint density at radius 2 is 1.66 bits per heavy atom. The van der Waals surface area contributed by atoms with Crippen LogP contribution in [0.1, 0.15) is 47.8 Å². The number of aryl methyl sites for hydroxylation is 1. The SMILES string of the molecule is CCOc1ccc(CCNS(=O)(=O)c2cc(C3=NNC(Nc4ccc(OCC(N)=O)cc4)c4ccccc43)ccc2C)cc1OCC. The van der Waals surface area contributed by atoms with Gasteiger partial charge in [0.25, 0.3) is 5.91 Å². The summed E-state index contributed by atoms with van der Waals surface area (Å²) < 4.78 is 46.5. The fourth-order valence-corrected chi connectivity index (χ4v) is 6.52. The van der Waals surface area contributed by atoms with Gasteiger partial charge in [0.05, 0.1) is 23.8 Å². The summed E-state index contributed by atoms with van der Waals surface area (Å²) in [6, 6.07) is 25.9. The summed E-state index contributed by atoms with van der Waals surface area (Å²) in [6.45, 7) is 6.63. The minimum atomic E-state index is -3.83. The number of hydrogen-bond acceptors (Lipinski definition) is 9. The van der Waals surface area contributed by atoms with E-state index in [0.29, 0.717) is 53.7 Å². The second-order valence-corrected chi connectivity index (χ2v) is 12.5. The number of nitrogens with two attached hydrogens (primary N) is 1. The molecule has 1 unspecified atom stereocenters. The Morgan fingerprint density at radius 1 is 0.915 bits per heavy atom. The molecule has 0 saturated carbocycles. The molecule has 0 bridgehead atoms. The predicted molar refractivity (Wildman–Crippen MR) is 182 cm³/mol. The van der Waals surface area contributed by atoms with Crippen LogP contribution in [0.4, 0.5) is 5.69 Å². The van der Waals surface area contributed by atoms with Crippen LogP contribution in [0.5, 0.6) is 17.2 Å². The predicted octanol–water partition coefficient (Wildman–Crippen LogP) is 4.64. The van der Waals surface area contributed by atoms with Gasteiger partial charge in [0.1, 0.15) is 11.9 Å². The van der Waals surface area contributed by atoms with Crippen LogP contribution in [0.2, 0.25) is 0 Å². The average Bonchev–Trinajstić information content (AvgIpc) is 3.06. The number of hydrazone groups is 1. The van der Waals surface area contributed by atoms with Gasteiger partial charge < -0.3 is 25.3 Å². The normalized spacial score (nSPS) is 13.9. The van der Waals surface area contributed by atoms with Crippen LogP contribution in [0.15, 0.2) is 94.9 Å². The van der Waals surface area contributed by atoms with Gasteiger partial charge in [-0.15, -0.1) is 0 Å². The number of ether oxygens (including phenoxy) is 3. The van der Waals surface area contributed by atoms with Crippen molar-refractivity contribution in [1.29, 1.82) is 0 Å². The molecule has 1 atom stereocenters. The Hall–Kier alpha value is -5.07. The molecular weight excluding hydrogens is 618 g/mol. The van der Waals surface area contributed by atoms with Gasteiger partial charge in [-0.25, -0.2) is 13.1 Å². The van der Waals surface area contributed by atoms with Gasteiger partial charge in [-0.3, -0.25) is 10.2 Å². The number of fused-ring (bicyclic) bond motifs is 1. The number of amides is 1. The molecule has 4 aromatic carbocycles. The first-order chi connectivity index (χ1) is 22.7. The van der Waals surface area contributed by atoms with Gasteiger partial charge in [0, 0.05) is 28.9 Å². The van der Waals surface area contributed by atoms with Crippen molar-refractivity contribution in [3.63, 3.8) is 0 Å². The number of nitrogens with zero attached hydrogens (tertiary/aromatic N) is 1. The number of primary amides is 1. The Morgan fingerprint density at radius 3 is 2.40 bits per heavy atom. The molecule has 1 aliphatic heterocycles. The number of hydrogen-bond donors (Lipinski definition) is 4. The zero-order chi connectivity index (χ0) is 33.4. The van der Waals surface area contributed by atoms with Gasteiger partial charge in [0.15, 0.2) is 18.1 Å². The summed E-state index contributed by atoms with van der Waals surface area (Å²) in [4.78, 5) is 11.2. The lowest BCUT2D eigenvalue weighted by atomic mass is 9.94. The second-order valence-electron chi connectivity index (χ2n) is 10.8. The molecule has 0 aliphatic carbocycles. The van der Waals surface area contributed by atoms with E-state index >= 15 is 0 Å². The zero-order valence-electron chi connectivity index (χ0n) is 26.6. The quantitative estimate of drug-likeness (QED) is 0.144. The summed E-state index contributed by atoms with van der Waals surface area (Å²) in [5.41, 5.74) is 13.8. The average molecular weight is 658 g/mol. The maximum atomic E-state index is 13.5. The van der Waals surface area contributed by atoms with Crippen LogP contribution in [0, 0.1) is 6.92 Å². The van der Waals surface area contributed by atoms with Gasteiger partial charge in [0.2, 0.25) is 10.0 Å². The molecule has 0 aromatic heterocycles. The van der Waals surface area contributed by atoms with Crippen LogP contribution >= 0.6 is 0 Å². The third-order valence-electron chi connectivity index (χ3n) is 7.44.